The first kappa shape index (κ1) is 15.0. The Morgan fingerprint density at radius 2 is 2.00 bits per heavy atom. The number of rotatable bonds is 4. The number of carbonyl (C=O) groups excluding carboxylic acids is 2. The lowest BCUT2D eigenvalue weighted by Gasteiger charge is -2.36. The molecule has 1 N–H and O–H groups in total. The third-order valence-corrected chi connectivity index (χ3v) is 3.73. The Hall–Kier alpha value is -1.06. The highest BCUT2D eigenvalue weighted by atomic mass is 16.5. The summed E-state index contributed by atoms with van der Waals surface area (Å²) in [7, 11) is 0. The van der Waals surface area contributed by atoms with Gasteiger partial charge >= 0.3 is 5.97 Å². The van der Waals surface area contributed by atoms with E-state index in [9.17, 15) is 9.59 Å². The third-order valence-electron chi connectivity index (χ3n) is 3.73. The van der Waals surface area contributed by atoms with Crippen LogP contribution in [0, 0.1) is 17.8 Å². The zero-order chi connectivity index (χ0) is 13.7. The fraction of sp³-hybridized carbons (Fsp3) is 0.857. The number of amides is 1. The largest absolute Gasteiger partial charge is 0.461 e. The van der Waals surface area contributed by atoms with Crippen LogP contribution in [0.5, 0.6) is 0 Å². The Balaban J connectivity index is 2.49. The molecule has 3 unspecified atom stereocenters. The maximum atomic E-state index is 11.7. The van der Waals surface area contributed by atoms with Crippen LogP contribution in [0.1, 0.15) is 47.0 Å². The number of hydrogen-bond acceptors (Lipinski definition) is 3. The monoisotopic (exact) mass is 255 g/mol. The average molecular weight is 255 g/mol. The summed E-state index contributed by atoms with van der Waals surface area (Å²) in [6.07, 6.45) is 3.28. The van der Waals surface area contributed by atoms with Crippen molar-refractivity contribution in [2.24, 2.45) is 17.8 Å². The van der Waals surface area contributed by atoms with Crippen molar-refractivity contribution in [2.75, 3.05) is 6.54 Å². The van der Waals surface area contributed by atoms with Crippen LogP contribution < -0.4 is 5.32 Å². The normalized spacial score (nSPS) is 27.9. The minimum absolute atomic E-state index is 0.00927. The molecule has 1 aliphatic carbocycles. The van der Waals surface area contributed by atoms with Gasteiger partial charge in [0.1, 0.15) is 12.6 Å². The van der Waals surface area contributed by atoms with Crippen molar-refractivity contribution in [3.63, 3.8) is 0 Å². The van der Waals surface area contributed by atoms with Crippen molar-refractivity contribution in [2.45, 2.75) is 53.1 Å². The molecule has 0 aromatic heterocycles. The van der Waals surface area contributed by atoms with Crippen molar-refractivity contribution < 1.29 is 14.3 Å². The van der Waals surface area contributed by atoms with Gasteiger partial charge in [-0.15, -0.1) is 0 Å². The Labute approximate surface area is 109 Å². The van der Waals surface area contributed by atoms with Gasteiger partial charge in [0, 0.05) is 6.92 Å². The number of ether oxygens (including phenoxy) is 1. The Morgan fingerprint density at radius 3 is 2.56 bits per heavy atom. The van der Waals surface area contributed by atoms with Crippen LogP contribution in [-0.2, 0) is 14.3 Å². The van der Waals surface area contributed by atoms with Crippen molar-refractivity contribution in [1.29, 1.82) is 0 Å². The molecule has 0 aromatic carbocycles. The first-order valence-corrected chi connectivity index (χ1v) is 6.84. The summed E-state index contributed by atoms with van der Waals surface area (Å²) in [6, 6.07) is 0. The Kier molecular flexibility index (Phi) is 5.63. The second-order valence-electron chi connectivity index (χ2n) is 5.76. The molecule has 104 valence electrons. The lowest BCUT2D eigenvalue weighted by molar-refractivity contribution is -0.155. The Morgan fingerprint density at radius 1 is 1.33 bits per heavy atom. The summed E-state index contributed by atoms with van der Waals surface area (Å²) in [4.78, 5) is 22.4. The molecule has 0 radical (unpaired) electrons. The van der Waals surface area contributed by atoms with Gasteiger partial charge in [-0.05, 0) is 30.6 Å². The van der Waals surface area contributed by atoms with Crippen molar-refractivity contribution in [3.8, 4) is 0 Å². The molecule has 1 rings (SSSR count). The lowest BCUT2D eigenvalue weighted by Crippen LogP contribution is -2.38. The summed E-state index contributed by atoms with van der Waals surface area (Å²) in [5, 5.41) is 2.48. The van der Waals surface area contributed by atoms with E-state index in [4.69, 9.17) is 4.74 Å². The van der Waals surface area contributed by atoms with Crippen LogP contribution in [0.15, 0.2) is 0 Å². The molecule has 0 aliphatic heterocycles. The van der Waals surface area contributed by atoms with Crippen LogP contribution in [0.4, 0.5) is 0 Å². The Bertz CT molecular complexity index is 301. The van der Waals surface area contributed by atoms with Crippen LogP contribution in [0.3, 0.4) is 0 Å². The minimum atomic E-state index is -0.324. The zero-order valence-corrected chi connectivity index (χ0v) is 11.9. The van der Waals surface area contributed by atoms with E-state index in [0.717, 1.165) is 12.8 Å². The molecule has 1 aliphatic rings. The van der Waals surface area contributed by atoms with Gasteiger partial charge in [0.05, 0.1) is 0 Å². The van der Waals surface area contributed by atoms with E-state index in [1.165, 1.54) is 13.3 Å². The van der Waals surface area contributed by atoms with Gasteiger partial charge in [-0.2, -0.15) is 0 Å². The summed E-state index contributed by atoms with van der Waals surface area (Å²) >= 11 is 0. The van der Waals surface area contributed by atoms with Crippen LogP contribution in [0.2, 0.25) is 0 Å². The molecule has 4 nitrogen and oxygen atoms in total. The van der Waals surface area contributed by atoms with Crippen LogP contribution in [-0.4, -0.2) is 24.5 Å². The predicted molar refractivity (Wildman–Crippen MR) is 69.9 cm³/mol. The van der Waals surface area contributed by atoms with Gasteiger partial charge < -0.3 is 10.1 Å². The second kappa shape index (κ2) is 6.76. The molecule has 0 aromatic rings. The molecule has 1 amide bonds. The number of esters is 1. The van der Waals surface area contributed by atoms with Gasteiger partial charge in [-0.3, -0.25) is 9.59 Å². The number of hydrogen-bond donors (Lipinski definition) is 1. The molecule has 3 atom stereocenters. The minimum Gasteiger partial charge on any atom is -0.461 e. The van der Waals surface area contributed by atoms with Crippen LogP contribution >= 0.6 is 0 Å². The van der Waals surface area contributed by atoms with Gasteiger partial charge in [0.25, 0.3) is 0 Å². The highest BCUT2D eigenvalue weighted by Gasteiger charge is 2.33. The van der Waals surface area contributed by atoms with E-state index >= 15 is 0 Å². The van der Waals surface area contributed by atoms with Crippen LogP contribution in [0.25, 0.3) is 0 Å². The summed E-state index contributed by atoms with van der Waals surface area (Å²) in [6.45, 7) is 7.92. The predicted octanol–water partition coefficient (Wildman–Crippen LogP) is 2.13. The molecule has 0 saturated heterocycles. The fourth-order valence-electron chi connectivity index (χ4n) is 2.66. The van der Waals surface area contributed by atoms with E-state index in [0.29, 0.717) is 17.8 Å². The standard InChI is InChI=1S/C14H25NO3/c1-9(2)12-6-5-10(3)7-13(12)18-14(17)8-15-11(4)16/h9-10,12-13H,5-8H2,1-4H3,(H,15,16). The average Bonchev–Trinajstić information content (AvgIpc) is 2.26. The highest BCUT2D eigenvalue weighted by molar-refractivity contribution is 5.80. The number of carbonyl (C=O) groups is 2. The SMILES string of the molecule is CC(=O)NCC(=O)OC1CC(C)CCC1C(C)C. The molecule has 0 spiro atoms. The zero-order valence-electron chi connectivity index (χ0n) is 11.9. The van der Waals surface area contributed by atoms with Gasteiger partial charge in [0.15, 0.2) is 0 Å². The fourth-order valence-corrected chi connectivity index (χ4v) is 2.66. The van der Waals surface area contributed by atoms with E-state index in [1.807, 2.05) is 0 Å². The number of nitrogens with one attached hydrogen (secondary N) is 1. The quantitative estimate of drug-likeness (QED) is 0.783. The van der Waals surface area contributed by atoms with Crippen molar-refractivity contribution in [3.05, 3.63) is 0 Å². The first-order valence-electron chi connectivity index (χ1n) is 6.84. The summed E-state index contributed by atoms with van der Waals surface area (Å²) in [5.74, 6) is 1.05. The maximum Gasteiger partial charge on any atom is 0.325 e. The topological polar surface area (TPSA) is 55.4 Å². The van der Waals surface area contributed by atoms with Gasteiger partial charge in [-0.1, -0.05) is 27.2 Å². The molecular weight excluding hydrogens is 230 g/mol. The molecule has 0 bridgehead atoms. The lowest BCUT2D eigenvalue weighted by atomic mass is 9.75. The smallest absolute Gasteiger partial charge is 0.325 e. The van der Waals surface area contributed by atoms with E-state index in [2.05, 4.69) is 26.1 Å². The molecular formula is C14H25NO3. The van der Waals surface area contributed by atoms with Gasteiger partial charge in [-0.25, -0.2) is 0 Å². The summed E-state index contributed by atoms with van der Waals surface area (Å²) < 4.78 is 5.53. The molecule has 18 heavy (non-hydrogen) atoms. The maximum absolute atomic E-state index is 11.7. The molecule has 0 heterocycles. The van der Waals surface area contributed by atoms with Crippen molar-refractivity contribution >= 4 is 11.9 Å². The molecule has 4 heteroatoms. The summed E-state index contributed by atoms with van der Waals surface area (Å²) in [5.41, 5.74) is 0. The van der Waals surface area contributed by atoms with Crippen molar-refractivity contribution in [1.82, 2.24) is 5.32 Å². The third kappa shape index (κ3) is 4.67. The molecule has 1 saturated carbocycles. The molecule has 1 fully saturated rings. The second-order valence-corrected chi connectivity index (χ2v) is 5.76. The van der Waals surface area contributed by atoms with E-state index < -0.39 is 0 Å². The highest BCUT2D eigenvalue weighted by Crippen LogP contribution is 2.35. The van der Waals surface area contributed by atoms with Gasteiger partial charge in [0.2, 0.25) is 5.91 Å². The first-order chi connectivity index (χ1) is 8.40. The van der Waals surface area contributed by atoms with E-state index in [1.54, 1.807) is 0 Å². The van der Waals surface area contributed by atoms with E-state index in [-0.39, 0.29) is 24.5 Å².